The standard InChI is InChI=1S/C12H17N3O3S/c1-4-14(7-8(2)6-13)12-10(15(17)18)5-11(19-12)9(3)16/h5,8-9,16H,4,7H2,1-3H3/t8?,9-/m0/s1. The lowest BCUT2D eigenvalue weighted by Gasteiger charge is -2.21. The van der Waals surface area contributed by atoms with Crippen LogP contribution in [0.4, 0.5) is 10.7 Å². The molecule has 0 radical (unpaired) electrons. The molecule has 1 heterocycles. The summed E-state index contributed by atoms with van der Waals surface area (Å²) in [6, 6.07) is 3.53. The summed E-state index contributed by atoms with van der Waals surface area (Å²) in [6.07, 6.45) is -0.732. The lowest BCUT2D eigenvalue weighted by Crippen LogP contribution is -2.27. The lowest BCUT2D eigenvalue weighted by atomic mass is 10.2. The average molecular weight is 283 g/mol. The number of anilines is 1. The molecule has 6 nitrogen and oxygen atoms in total. The molecular weight excluding hydrogens is 266 g/mol. The molecule has 1 aromatic heterocycles. The zero-order valence-electron chi connectivity index (χ0n) is 11.2. The summed E-state index contributed by atoms with van der Waals surface area (Å²) in [5.41, 5.74) is -0.00658. The number of nitriles is 1. The zero-order chi connectivity index (χ0) is 14.6. The number of hydrogen-bond acceptors (Lipinski definition) is 6. The van der Waals surface area contributed by atoms with E-state index in [4.69, 9.17) is 5.26 Å². The van der Waals surface area contributed by atoms with Crippen molar-refractivity contribution in [1.29, 1.82) is 5.26 Å². The Kier molecular flexibility index (Phi) is 5.27. The smallest absolute Gasteiger partial charge is 0.304 e. The fraction of sp³-hybridized carbons (Fsp3) is 0.583. The van der Waals surface area contributed by atoms with Gasteiger partial charge < -0.3 is 10.0 Å². The number of hydrogen-bond donors (Lipinski definition) is 1. The van der Waals surface area contributed by atoms with Crippen molar-refractivity contribution in [3.63, 3.8) is 0 Å². The van der Waals surface area contributed by atoms with Crippen LogP contribution in [0.15, 0.2) is 6.07 Å². The molecule has 1 aromatic rings. The summed E-state index contributed by atoms with van der Waals surface area (Å²) in [5.74, 6) is -0.211. The average Bonchev–Trinajstić information content (AvgIpc) is 2.80. The molecule has 0 bridgehead atoms. The molecule has 2 atom stereocenters. The molecule has 7 heteroatoms. The van der Waals surface area contributed by atoms with Gasteiger partial charge in [-0.05, 0) is 20.8 Å². The highest BCUT2D eigenvalue weighted by Crippen LogP contribution is 2.40. The van der Waals surface area contributed by atoms with E-state index in [0.29, 0.717) is 23.0 Å². The highest BCUT2D eigenvalue weighted by atomic mass is 32.1. The normalized spacial score (nSPS) is 13.6. The largest absolute Gasteiger partial charge is 0.388 e. The van der Waals surface area contributed by atoms with Crippen molar-refractivity contribution in [2.75, 3.05) is 18.0 Å². The quantitative estimate of drug-likeness (QED) is 0.640. The van der Waals surface area contributed by atoms with Crippen molar-refractivity contribution in [1.82, 2.24) is 0 Å². The lowest BCUT2D eigenvalue weighted by molar-refractivity contribution is -0.383. The topological polar surface area (TPSA) is 90.4 Å². The van der Waals surface area contributed by atoms with Gasteiger partial charge in [0.2, 0.25) is 0 Å². The first-order valence-corrected chi connectivity index (χ1v) is 6.83. The zero-order valence-corrected chi connectivity index (χ0v) is 12.0. The van der Waals surface area contributed by atoms with Gasteiger partial charge in [-0.25, -0.2) is 0 Å². The summed E-state index contributed by atoms with van der Waals surface area (Å²) < 4.78 is 0. The highest BCUT2D eigenvalue weighted by molar-refractivity contribution is 7.16. The second-order valence-electron chi connectivity index (χ2n) is 4.34. The Morgan fingerprint density at radius 3 is 2.68 bits per heavy atom. The first-order chi connectivity index (χ1) is 8.90. The Balaban J connectivity index is 3.15. The second-order valence-corrected chi connectivity index (χ2v) is 5.40. The van der Waals surface area contributed by atoms with Crippen LogP contribution in [-0.2, 0) is 0 Å². The summed E-state index contributed by atoms with van der Waals surface area (Å²) in [5, 5.41) is 30.0. The maximum Gasteiger partial charge on any atom is 0.304 e. The number of aliphatic hydroxyl groups is 1. The molecular formula is C12H17N3O3S. The molecule has 0 fully saturated rings. The number of aliphatic hydroxyl groups excluding tert-OH is 1. The van der Waals surface area contributed by atoms with Crippen LogP contribution < -0.4 is 4.90 Å². The van der Waals surface area contributed by atoms with Gasteiger partial charge in [-0.15, -0.1) is 11.3 Å². The maximum absolute atomic E-state index is 11.1. The molecule has 104 valence electrons. The first-order valence-electron chi connectivity index (χ1n) is 6.01. The van der Waals surface area contributed by atoms with Gasteiger partial charge in [0.05, 0.1) is 23.0 Å². The number of thiophene rings is 1. The van der Waals surface area contributed by atoms with Crippen LogP contribution in [0.5, 0.6) is 0 Å². The van der Waals surface area contributed by atoms with Crippen LogP contribution in [0.3, 0.4) is 0 Å². The first kappa shape index (κ1) is 15.4. The van der Waals surface area contributed by atoms with Gasteiger partial charge in [0.15, 0.2) is 5.00 Å². The summed E-state index contributed by atoms with van der Waals surface area (Å²) in [4.78, 5) is 13.0. The van der Waals surface area contributed by atoms with E-state index in [1.807, 2.05) is 11.8 Å². The van der Waals surface area contributed by atoms with E-state index in [0.717, 1.165) is 0 Å². The Morgan fingerprint density at radius 2 is 2.26 bits per heavy atom. The molecule has 0 saturated heterocycles. The SMILES string of the molecule is CCN(CC(C)C#N)c1sc([C@H](C)O)cc1[N+](=O)[O-]. The summed E-state index contributed by atoms with van der Waals surface area (Å²) in [7, 11) is 0. The van der Waals surface area contributed by atoms with E-state index < -0.39 is 11.0 Å². The summed E-state index contributed by atoms with van der Waals surface area (Å²) >= 11 is 1.21. The molecule has 0 aliphatic heterocycles. The molecule has 0 aromatic carbocycles. The minimum atomic E-state index is -0.732. The Hall–Kier alpha value is -1.65. The van der Waals surface area contributed by atoms with Crippen LogP contribution in [0, 0.1) is 27.4 Å². The third-order valence-electron chi connectivity index (χ3n) is 2.70. The molecule has 0 amide bonds. The van der Waals surface area contributed by atoms with Crippen molar-refractivity contribution < 1.29 is 10.0 Å². The fourth-order valence-electron chi connectivity index (χ4n) is 1.68. The molecule has 0 aliphatic rings. The molecule has 0 spiro atoms. The van der Waals surface area contributed by atoms with Crippen molar-refractivity contribution in [2.24, 2.45) is 5.92 Å². The molecule has 0 aliphatic carbocycles. The van der Waals surface area contributed by atoms with Gasteiger partial charge in [-0.1, -0.05) is 0 Å². The van der Waals surface area contributed by atoms with E-state index in [1.165, 1.54) is 17.4 Å². The van der Waals surface area contributed by atoms with Crippen molar-refractivity contribution in [3.8, 4) is 6.07 Å². The molecule has 1 unspecified atom stereocenters. The van der Waals surface area contributed by atoms with Crippen LogP contribution in [-0.4, -0.2) is 23.1 Å². The third-order valence-corrected chi connectivity index (χ3v) is 4.06. The van der Waals surface area contributed by atoms with E-state index >= 15 is 0 Å². The van der Waals surface area contributed by atoms with Crippen LogP contribution in [0.25, 0.3) is 0 Å². The van der Waals surface area contributed by atoms with Gasteiger partial charge in [-0.2, -0.15) is 5.26 Å². The molecule has 1 rings (SSSR count). The van der Waals surface area contributed by atoms with Crippen molar-refractivity contribution in [3.05, 3.63) is 21.1 Å². The van der Waals surface area contributed by atoms with Crippen LogP contribution in [0.1, 0.15) is 31.8 Å². The molecule has 19 heavy (non-hydrogen) atoms. The van der Waals surface area contributed by atoms with Crippen molar-refractivity contribution >= 4 is 22.0 Å². The predicted octanol–water partition coefficient (Wildman–Crippen LogP) is 2.70. The maximum atomic E-state index is 11.1. The fourth-order valence-corrected chi connectivity index (χ4v) is 2.82. The third kappa shape index (κ3) is 3.66. The van der Waals surface area contributed by atoms with Crippen LogP contribution >= 0.6 is 11.3 Å². The number of nitro groups is 1. The predicted molar refractivity (Wildman–Crippen MR) is 74.3 cm³/mol. The van der Waals surface area contributed by atoms with Gasteiger partial charge in [0.25, 0.3) is 0 Å². The van der Waals surface area contributed by atoms with E-state index in [9.17, 15) is 15.2 Å². The van der Waals surface area contributed by atoms with Gasteiger partial charge in [0, 0.05) is 24.0 Å². The number of nitrogens with zero attached hydrogens (tertiary/aromatic N) is 3. The summed E-state index contributed by atoms with van der Waals surface area (Å²) in [6.45, 7) is 6.25. The second kappa shape index (κ2) is 6.50. The molecule has 0 saturated carbocycles. The monoisotopic (exact) mass is 283 g/mol. The van der Waals surface area contributed by atoms with Crippen LogP contribution in [0.2, 0.25) is 0 Å². The minimum Gasteiger partial charge on any atom is -0.388 e. The molecule has 1 N–H and O–H groups in total. The van der Waals surface area contributed by atoms with Crippen molar-refractivity contribution in [2.45, 2.75) is 26.9 Å². The number of rotatable bonds is 6. The van der Waals surface area contributed by atoms with E-state index in [1.54, 1.807) is 13.8 Å². The van der Waals surface area contributed by atoms with Gasteiger partial charge in [0.1, 0.15) is 0 Å². The Bertz CT molecular complexity index is 493. The van der Waals surface area contributed by atoms with E-state index in [-0.39, 0.29) is 11.6 Å². The minimum absolute atomic E-state index is 0.00658. The van der Waals surface area contributed by atoms with Gasteiger partial charge in [-0.3, -0.25) is 10.1 Å². The van der Waals surface area contributed by atoms with E-state index in [2.05, 4.69) is 6.07 Å². The Labute approximate surface area is 116 Å². The van der Waals surface area contributed by atoms with Gasteiger partial charge >= 0.3 is 5.69 Å². The Morgan fingerprint density at radius 1 is 1.63 bits per heavy atom. The highest BCUT2D eigenvalue weighted by Gasteiger charge is 2.25.